The van der Waals surface area contributed by atoms with Gasteiger partial charge in [-0.15, -0.1) is 0 Å². The predicted octanol–water partition coefficient (Wildman–Crippen LogP) is -0.694. The van der Waals surface area contributed by atoms with Gasteiger partial charge in [-0.05, 0) is 0 Å². The Labute approximate surface area is 40.2 Å². The highest BCUT2D eigenvalue weighted by Crippen LogP contribution is 1.68. The molecule has 0 fully saturated rings. The Bertz CT molecular complexity index is 128. The molecule has 2 N–H and O–H groups in total. The van der Waals surface area contributed by atoms with Gasteiger partial charge < -0.3 is 0 Å². The van der Waals surface area contributed by atoms with E-state index < -0.39 is 17.1 Å². The maximum atomic E-state index is 10.8. The summed E-state index contributed by atoms with van der Waals surface area (Å²) in [5.74, 6) is 0. The van der Waals surface area contributed by atoms with Gasteiger partial charge in [0.2, 0.25) is 0 Å². The Morgan fingerprint density at radius 2 is 2.14 bits per heavy atom. The first kappa shape index (κ1) is 6.80. The highest BCUT2D eigenvalue weighted by molar-refractivity contribution is 7.83. The van der Waals surface area contributed by atoms with Crippen molar-refractivity contribution in [1.29, 1.82) is 0 Å². The van der Waals surface area contributed by atoms with Gasteiger partial charge in [0.15, 0.2) is 6.80 Å². The largest absolute Gasteiger partial charge is 0.335 e. The maximum absolute atomic E-state index is 10.8. The molecule has 0 bridgehead atoms. The SMILES string of the molecule is O=S(=O)(O)NCF. The van der Waals surface area contributed by atoms with Gasteiger partial charge in [0.05, 0.1) is 0 Å². The number of nitrogens with one attached hydrogen (secondary N) is 1. The van der Waals surface area contributed by atoms with Crippen LogP contribution in [0.3, 0.4) is 0 Å². The Hall–Kier alpha value is -0.200. The van der Waals surface area contributed by atoms with Crippen LogP contribution in [-0.2, 0) is 10.3 Å². The topological polar surface area (TPSA) is 66.4 Å². The van der Waals surface area contributed by atoms with Gasteiger partial charge in [-0.3, -0.25) is 4.55 Å². The first-order valence-electron chi connectivity index (χ1n) is 1.34. The van der Waals surface area contributed by atoms with E-state index in [4.69, 9.17) is 4.55 Å². The average Bonchev–Trinajstić information content (AvgIpc) is 1.30. The molecule has 0 saturated carbocycles. The normalized spacial score (nSPS) is 11.7. The summed E-state index contributed by atoms with van der Waals surface area (Å²) in [5.41, 5.74) is 0. The van der Waals surface area contributed by atoms with Crippen molar-refractivity contribution in [1.82, 2.24) is 4.72 Å². The molecule has 6 heteroatoms. The van der Waals surface area contributed by atoms with E-state index in [1.807, 2.05) is 0 Å². The molecule has 4 nitrogen and oxygen atoms in total. The van der Waals surface area contributed by atoms with E-state index in [9.17, 15) is 12.8 Å². The van der Waals surface area contributed by atoms with E-state index in [0.717, 1.165) is 4.72 Å². The molecule has 0 heterocycles. The number of rotatable bonds is 2. The summed E-state index contributed by atoms with van der Waals surface area (Å²) in [6.07, 6.45) is 0. The fraction of sp³-hybridized carbons (Fsp3) is 1.00. The second-order valence-corrected chi connectivity index (χ2v) is 1.99. The molecule has 0 aliphatic heterocycles. The van der Waals surface area contributed by atoms with Crippen LogP contribution in [0.2, 0.25) is 0 Å². The third kappa shape index (κ3) is 5.80. The van der Waals surface area contributed by atoms with Crippen LogP contribution in [-0.4, -0.2) is 19.8 Å². The number of hydrogen-bond acceptors (Lipinski definition) is 2. The van der Waals surface area contributed by atoms with Crippen LogP contribution in [0.1, 0.15) is 0 Å². The molecule has 0 rings (SSSR count). The number of hydrogen-bond donors (Lipinski definition) is 2. The molecule has 44 valence electrons. The molecule has 0 unspecified atom stereocenters. The summed E-state index contributed by atoms with van der Waals surface area (Å²) in [6.45, 7) is -1.28. The van der Waals surface area contributed by atoms with E-state index in [1.165, 1.54) is 0 Å². The smallest absolute Gasteiger partial charge is 0.273 e. The molecule has 0 radical (unpaired) electrons. The molecule has 0 aromatic carbocycles. The molecule has 0 aliphatic carbocycles. The summed E-state index contributed by atoms with van der Waals surface area (Å²) in [5, 5.41) is 0. The molecule has 0 atom stereocenters. The molecule has 0 aromatic heterocycles. The standard InChI is InChI=1S/CH4FNO3S/c2-1-3-7(4,5)6/h3H,1H2,(H,4,5,6). The van der Waals surface area contributed by atoms with Crippen molar-refractivity contribution in [3.05, 3.63) is 0 Å². The second-order valence-electron chi connectivity index (χ2n) is 0.753. The van der Waals surface area contributed by atoms with Gasteiger partial charge in [0.25, 0.3) is 0 Å². The van der Waals surface area contributed by atoms with E-state index in [-0.39, 0.29) is 0 Å². The van der Waals surface area contributed by atoms with Gasteiger partial charge in [-0.25, -0.2) is 4.39 Å². The molecule has 7 heavy (non-hydrogen) atoms. The van der Waals surface area contributed by atoms with E-state index in [0.29, 0.717) is 0 Å². The van der Waals surface area contributed by atoms with Crippen molar-refractivity contribution < 1.29 is 17.4 Å². The predicted molar refractivity (Wildman–Crippen MR) is 20.7 cm³/mol. The molecule has 0 saturated heterocycles. The van der Waals surface area contributed by atoms with Crippen LogP contribution in [0.4, 0.5) is 4.39 Å². The van der Waals surface area contributed by atoms with Crippen molar-refractivity contribution in [2.45, 2.75) is 0 Å². The lowest BCUT2D eigenvalue weighted by Crippen LogP contribution is -2.20. The van der Waals surface area contributed by atoms with Crippen molar-refractivity contribution in [3.8, 4) is 0 Å². The van der Waals surface area contributed by atoms with E-state index >= 15 is 0 Å². The van der Waals surface area contributed by atoms with Gasteiger partial charge in [-0.2, -0.15) is 13.1 Å². The van der Waals surface area contributed by atoms with Crippen LogP contribution >= 0.6 is 0 Å². The van der Waals surface area contributed by atoms with E-state index in [1.54, 1.807) is 0 Å². The quantitative estimate of drug-likeness (QED) is 0.383. The van der Waals surface area contributed by atoms with Gasteiger partial charge >= 0.3 is 10.3 Å². The second kappa shape index (κ2) is 2.20. The number of alkyl halides is 1. The van der Waals surface area contributed by atoms with Crippen LogP contribution in [0.25, 0.3) is 0 Å². The fourth-order valence-electron chi connectivity index (χ4n) is 0.0689. The summed E-state index contributed by atoms with van der Waals surface area (Å²) in [7, 11) is -4.30. The summed E-state index contributed by atoms with van der Waals surface area (Å²) >= 11 is 0. The van der Waals surface area contributed by atoms with Crippen LogP contribution in [0, 0.1) is 0 Å². The lowest BCUT2D eigenvalue weighted by molar-refractivity contribution is 0.424. The van der Waals surface area contributed by atoms with Crippen LogP contribution in [0.5, 0.6) is 0 Å². The summed E-state index contributed by atoms with van der Waals surface area (Å²) in [4.78, 5) is 0. The average molecular weight is 129 g/mol. The Morgan fingerprint density at radius 1 is 1.71 bits per heavy atom. The van der Waals surface area contributed by atoms with Crippen molar-refractivity contribution in [2.24, 2.45) is 0 Å². The van der Waals surface area contributed by atoms with Crippen LogP contribution < -0.4 is 4.72 Å². The molecular weight excluding hydrogens is 125 g/mol. The highest BCUT2D eigenvalue weighted by atomic mass is 32.2. The van der Waals surface area contributed by atoms with Gasteiger partial charge in [-0.1, -0.05) is 0 Å². The van der Waals surface area contributed by atoms with Crippen molar-refractivity contribution in [2.75, 3.05) is 6.80 Å². The van der Waals surface area contributed by atoms with Crippen molar-refractivity contribution >= 4 is 10.3 Å². The maximum Gasteiger partial charge on any atom is 0.335 e. The van der Waals surface area contributed by atoms with Gasteiger partial charge in [0, 0.05) is 0 Å². The monoisotopic (exact) mass is 129 g/mol. The molecular formula is CH4FNO3S. The minimum absolute atomic E-state index is 1.15. The van der Waals surface area contributed by atoms with Crippen LogP contribution in [0.15, 0.2) is 0 Å². The fourth-order valence-corrected chi connectivity index (χ4v) is 0.207. The molecule has 0 amide bonds. The first-order valence-corrected chi connectivity index (χ1v) is 2.78. The third-order valence-corrected chi connectivity index (χ3v) is 0.711. The Balaban J connectivity index is 3.60. The van der Waals surface area contributed by atoms with Crippen molar-refractivity contribution in [3.63, 3.8) is 0 Å². The zero-order valence-electron chi connectivity index (χ0n) is 3.26. The first-order chi connectivity index (χ1) is 3.06. The summed E-state index contributed by atoms with van der Waals surface area (Å²) < 4.78 is 38.5. The molecule has 0 aliphatic rings. The summed E-state index contributed by atoms with van der Waals surface area (Å²) in [6, 6.07) is 0. The zero-order chi connectivity index (χ0) is 5.91. The Morgan fingerprint density at radius 3 is 2.14 bits per heavy atom. The third-order valence-electron chi connectivity index (χ3n) is 0.237. The molecule has 0 spiro atoms. The minimum atomic E-state index is -4.30. The van der Waals surface area contributed by atoms with Gasteiger partial charge in [0.1, 0.15) is 0 Å². The molecule has 0 aromatic rings. The van der Waals surface area contributed by atoms with E-state index in [2.05, 4.69) is 0 Å². The highest BCUT2D eigenvalue weighted by Gasteiger charge is 1.97. The lowest BCUT2D eigenvalue weighted by atomic mass is 11.5. The Kier molecular flexibility index (Phi) is 2.13. The minimum Gasteiger partial charge on any atom is -0.273 e. The number of halogens is 1. The lowest BCUT2D eigenvalue weighted by Gasteiger charge is -1.87. The zero-order valence-corrected chi connectivity index (χ0v) is 4.07.